The average Bonchev–Trinajstić information content (AvgIpc) is 0.831. The molecule has 10 rings (SSSR count). The van der Waals surface area contributed by atoms with Crippen molar-refractivity contribution in [3.63, 3.8) is 0 Å². The van der Waals surface area contributed by atoms with Crippen LogP contribution in [0.15, 0.2) is 203 Å². The molecule has 2 saturated carbocycles. The molecule has 2 aliphatic heterocycles. The Kier molecular flexibility index (Phi) is 62.2. The maximum absolute atomic E-state index is 13.0. The van der Waals surface area contributed by atoms with Gasteiger partial charge in [0.25, 0.3) is 0 Å². The van der Waals surface area contributed by atoms with E-state index in [2.05, 4.69) is 32.9 Å². The van der Waals surface area contributed by atoms with E-state index in [-0.39, 0.29) is 101 Å². The first kappa shape index (κ1) is 117. The molecule has 758 valence electrons. The smallest absolute Gasteiger partial charge is 0.339 e. The number of carbonyl (C=O) groups is 8. The van der Waals surface area contributed by atoms with Crippen LogP contribution in [0.4, 0.5) is 0 Å². The highest BCUT2D eigenvalue weighted by Gasteiger charge is 2.31. The van der Waals surface area contributed by atoms with Crippen molar-refractivity contribution in [1.82, 2.24) is 0 Å². The molecule has 2 heterocycles. The minimum absolute atomic E-state index is 0. The molecule has 4 aliphatic rings. The van der Waals surface area contributed by atoms with E-state index in [0.29, 0.717) is 133 Å². The summed E-state index contributed by atoms with van der Waals surface area (Å²) in [6, 6.07) is 40.0. The summed E-state index contributed by atoms with van der Waals surface area (Å²) < 4.78 is 93.2. The lowest BCUT2D eigenvalue weighted by Crippen LogP contribution is -2.28. The molecule has 0 bridgehead atoms. The monoisotopic (exact) mass is 1960 g/mol. The minimum atomic E-state index is -1.11. The van der Waals surface area contributed by atoms with Crippen LogP contribution in [0.5, 0.6) is 69.0 Å². The Morgan fingerprint density at radius 1 is 0.319 bits per heavy atom. The van der Waals surface area contributed by atoms with E-state index >= 15 is 0 Å². The number of phenolic OH excluding ortho intramolecular Hbond substituents is 2. The Morgan fingerprint density at radius 2 is 0.594 bits per heavy atom. The molecular formula is C108H144Cl2O28. The minimum Gasteiger partial charge on any atom is -0.508 e. The van der Waals surface area contributed by atoms with E-state index in [0.717, 1.165) is 241 Å². The second-order valence-electron chi connectivity index (χ2n) is 33.1. The normalized spacial score (nSPS) is 16.1. The van der Waals surface area contributed by atoms with Gasteiger partial charge in [0, 0.05) is 49.1 Å². The zero-order valence-electron chi connectivity index (χ0n) is 79.9. The molecule has 0 amide bonds. The Morgan fingerprint density at radius 3 is 0.891 bits per heavy atom. The molecule has 30 heteroatoms. The van der Waals surface area contributed by atoms with Crippen molar-refractivity contribution in [3.05, 3.63) is 208 Å². The number of phenols is 2. The van der Waals surface area contributed by atoms with Gasteiger partial charge in [-0.25, -0.2) is 28.8 Å². The molecule has 0 spiro atoms. The second kappa shape index (κ2) is 73.5. The summed E-state index contributed by atoms with van der Waals surface area (Å²) in [5.74, 6) is 3.86. The van der Waals surface area contributed by atoms with E-state index in [1.807, 2.05) is 24.3 Å². The number of ether oxygens (including phenoxy) is 17. The van der Waals surface area contributed by atoms with Crippen LogP contribution in [0.2, 0.25) is 0 Å². The lowest BCUT2D eigenvalue weighted by Gasteiger charge is -2.27. The lowest BCUT2D eigenvalue weighted by atomic mass is 9.82. The van der Waals surface area contributed by atoms with Gasteiger partial charge in [-0.2, -0.15) is 0 Å². The number of benzene rings is 6. The summed E-state index contributed by atoms with van der Waals surface area (Å²) in [6.45, 7) is 23.7. The molecule has 6 aromatic carbocycles. The largest absolute Gasteiger partial charge is 0.508 e. The molecule has 3 N–H and O–H groups in total. The van der Waals surface area contributed by atoms with Crippen LogP contribution < -0.4 is 47.4 Å². The first-order valence-corrected chi connectivity index (χ1v) is 48.8. The predicted molar refractivity (Wildman–Crippen MR) is 529 cm³/mol. The highest BCUT2D eigenvalue weighted by molar-refractivity contribution is 6.17. The molecule has 0 aromatic heterocycles. The fourth-order valence-electron chi connectivity index (χ4n) is 14.3. The third-order valence-corrected chi connectivity index (χ3v) is 22.5. The molecule has 2 saturated heterocycles. The standard InChI is InChI=1S/C53H66O14.C20H28O5.C15H20O4.C11H14O3.C9H15ClO2.ClH/c1-3-49(54)62-33-11-7-5-9-31-60-42-21-25-44(26-22-42)66-52(58)40-17-13-38(14-18-40)36-64-46-29-30-48(47(35-46)51(56)57)65-37-39-15-19-41(20-16-39)53(59)67-45-27-23-43(24-28-45)61-32-10-6-8-12-34-63-50(55)4-2;1-2-19(21)23-15-7-4-3-6-14-22-17-10-12-18(13-11-17)25-20-9-5-8-16-24-20;1-2-15(17)19-12-6-4-3-5-11-18-14-9-7-13(16)8-10-14;12-9-4-6-10(7-5-9)14-11-3-1-2-8-13-11;1-2-9(11)12-8-6-4-3-5-7-10;/h3-4,21-30,35,38-41H,1-2,5-20,31-34,36-37H2,(H,56,57);2,10-13,20H,1,3-9,14-16H2;2,7-10,16H,1,3-6,11-12H2;4-7,11-12H,1-3,8H2;2H,1,3-8H2;1H. The van der Waals surface area contributed by atoms with Crippen molar-refractivity contribution >= 4 is 71.8 Å². The van der Waals surface area contributed by atoms with Gasteiger partial charge in [0.05, 0.1) is 97.7 Å². The Hall–Kier alpha value is -11.7. The number of hydrogen-bond donors (Lipinski definition) is 3. The fraction of sp³-hybridized carbons (Fsp3) is 0.500. The summed E-state index contributed by atoms with van der Waals surface area (Å²) in [5.41, 5.74) is 0.0235. The molecule has 0 radical (unpaired) electrons. The second-order valence-corrected chi connectivity index (χ2v) is 33.5. The first-order chi connectivity index (χ1) is 66.7. The molecule has 2 unspecified atom stereocenters. The van der Waals surface area contributed by atoms with Gasteiger partial charge in [0.15, 0.2) is 12.6 Å². The maximum Gasteiger partial charge on any atom is 0.339 e. The number of aromatic carboxylic acids is 1. The number of carboxylic acids is 1. The van der Waals surface area contributed by atoms with E-state index in [4.69, 9.17) is 102 Å². The topological polar surface area (TPSA) is 354 Å². The maximum atomic E-state index is 13.0. The van der Waals surface area contributed by atoms with Crippen molar-refractivity contribution < 1.29 is 134 Å². The SMILES string of the molecule is C=CC(=O)OCCCCCCCl.C=CC(=O)OCCCCCCOc1ccc(O)cc1.C=CC(=O)OCCCCCCOc1ccc(OC(=O)C2CCC(COc3ccc(OCC4CCC(C(=O)Oc5ccc(OCCCCCCOC(=O)C=C)cc5)CC4)c(C(=O)O)c3)CC2)cc1.C=CC(=O)OCCCCCCOc1ccc(OC2CCCCO2)cc1.Cl.Oc1ccc(OC2CCCCO2)cc1. The van der Waals surface area contributed by atoms with Gasteiger partial charge in [0.1, 0.15) is 74.6 Å². The number of esters is 7. The number of hydrogen-bond acceptors (Lipinski definition) is 27. The van der Waals surface area contributed by atoms with Crippen LogP contribution in [-0.2, 0) is 66.7 Å². The number of alkyl halides is 1. The zero-order chi connectivity index (χ0) is 98.3. The van der Waals surface area contributed by atoms with Crippen LogP contribution in [0.25, 0.3) is 0 Å². The van der Waals surface area contributed by atoms with Gasteiger partial charge < -0.3 is 95.8 Å². The van der Waals surface area contributed by atoms with Gasteiger partial charge in [-0.3, -0.25) is 9.59 Å². The van der Waals surface area contributed by atoms with Crippen molar-refractivity contribution in [2.45, 2.75) is 231 Å². The number of carbonyl (C=O) groups excluding carboxylic acids is 7. The van der Waals surface area contributed by atoms with E-state index in [9.17, 15) is 43.5 Å². The van der Waals surface area contributed by atoms with Crippen LogP contribution in [0.3, 0.4) is 0 Å². The van der Waals surface area contributed by atoms with Crippen LogP contribution >= 0.6 is 24.0 Å². The van der Waals surface area contributed by atoms with Crippen molar-refractivity contribution in [3.8, 4) is 69.0 Å². The van der Waals surface area contributed by atoms with Gasteiger partial charge in [0.2, 0.25) is 0 Å². The van der Waals surface area contributed by atoms with Crippen LogP contribution in [0, 0.1) is 23.7 Å². The van der Waals surface area contributed by atoms with Gasteiger partial charge in [-0.1, -0.05) is 45.7 Å². The number of halogens is 2. The zero-order valence-corrected chi connectivity index (χ0v) is 81.5. The summed E-state index contributed by atoms with van der Waals surface area (Å²) >= 11 is 5.49. The highest BCUT2D eigenvalue weighted by atomic mass is 35.5. The third kappa shape index (κ3) is 53.9. The number of carboxylic acid groups (broad SMARTS) is 1. The fourth-order valence-corrected chi connectivity index (χ4v) is 14.5. The molecular weight excluding hydrogens is 1820 g/mol. The van der Waals surface area contributed by atoms with E-state index < -0.39 is 17.9 Å². The van der Waals surface area contributed by atoms with Gasteiger partial charge in [-0.15, -0.1) is 24.0 Å². The lowest BCUT2D eigenvalue weighted by molar-refractivity contribution is -0.141. The molecule has 138 heavy (non-hydrogen) atoms. The Bertz CT molecular complexity index is 4400. The summed E-state index contributed by atoms with van der Waals surface area (Å²) in [4.78, 5) is 92.5. The van der Waals surface area contributed by atoms with Crippen LogP contribution in [0.1, 0.15) is 229 Å². The number of unbranched alkanes of at least 4 members (excludes halogenated alkanes) is 15. The summed E-state index contributed by atoms with van der Waals surface area (Å²) in [6.07, 6.45) is 36.8. The third-order valence-electron chi connectivity index (χ3n) is 22.2. The van der Waals surface area contributed by atoms with E-state index in [1.165, 1.54) is 24.3 Å². The number of aromatic hydroxyl groups is 2. The molecule has 6 aromatic rings. The van der Waals surface area contributed by atoms with Gasteiger partial charge >= 0.3 is 47.8 Å². The van der Waals surface area contributed by atoms with Crippen LogP contribution in [-0.4, -0.2) is 167 Å². The average molecular weight is 1960 g/mol. The Labute approximate surface area is 825 Å². The molecule has 2 aliphatic carbocycles. The van der Waals surface area contributed by atoms with Crippen molar-refractivity contribution in [1.29, 1.82) is 0 Å². The first-order valence-electron chi connectivity index (χ1n) is 48.3. The van der Waals surface area contributed by atoms with Gasteiger partial charge in [-0.05, 0) is 344 Å². The van der Waals surface area contributed by atoms with Crippen molar-refractivity contribution in [2.24, 2.45) is 23.7 Å². The predicted octanol–water partition coefficient (Wildman–Crippen LogP) is 22.9. The molecule has 2 atom stereocenters. The van der Waals surface area contributed by atoms with Crippen molar-refractivity contribution in [2.75, 3.05) is 91.8 Å². The molecule has 28 nitrogen and oxygen atoms in total. The summed E-state index contributed by atoms with van der Waals surface area (Å²) in [5, 5.41) is 28.2. The molecule has 4 fully saturated rings. The van der Waals surface area contributed by atoms with E-state index in [1.54, 1.807) is 109 Å². The Balaban J connectivity index is 0.000000378. The quantitative estimate of drug-likeness (QED) is 0.00797. The number of rotatable bonds is 58. The summed E-state index contributed by atoms with van der Waals surface area (Å²) in [7, 11) is 0. The highest BCUT2D eigenvalue weighted by Crippen LogP contribution is 2.36.